The van der Waals surface area contributed by atoms with Crippen molar-refractivity contribution in [3.63, 3.8) is 0 Å². The molecule has 9 nitrogen and oxygen atoms in total. The second-order valence-corrected chi connectivity index (χ2v) is 9.88. The third kappa shape index (κ3) is 5.41. The van der Waals surface area contributed by atoms with Crippen molar-refractivity contribution in [2.75, 3.05) is 24.9 Å². The number of hydrogen-bond acceptors (Lipinski definition) is 7. The number of carbonyl (C=O) groups excluding carboxylic acids is 2. The van der Waals surface area contributed by atoms with Crippen molar-refractivity contribution in [2.24, 2.45) is 0 Å². The fourth-order valence-corrected chi connectivity index (χ4v) is 5.11. The average molecular weight is 561 g/mol. The van der Waals surface area contributed by atoms with Crippen LogP contribution in [0.15, 0.2) is 41.5 Å². The number of rotatable bonds is 7. The maximum Gasteiger partial charge on any atom is 0.266 e. The van der Waals surface area contributed by atoms with Crippen LogP contribution in [0.4, 0.5) is 11.4 Å². The van der Waals surface area contributed by atoms with Crippen LogP contribution >= 0.6 is 34.5 Å². The van der Waals surface area contributed by atoms with Gasteiger partial charge in [-0.2, -0.15) is 0 Å². The van der Waals surface area contributed by atoms with Crippen molar-refractivity contribution in [1.82, 2.24) is 9.55 Å². The molecule has 0 unspecified atom stereocenters. The minimum absolute atomic E-state index is 0.258. The summed E-state index contributed by atoms with van der Waals surface area (Å²) in [5, 5.41) is 6.57. The molecular weight excluding hydrogens is 539 g/mol. The second-order valence-electron chi connectivity index (χ2n) is 8.07. The highest BCUT2D eigenvalue weighted by Gasteiger charge is 2.22. The summed E-state index contributed by atoms with van der Waals surface area (Å²) in [6.45, 7) is 3.26. The molecule has 12 heteroatoms. The Bertz CT molecular complexity index is 1600. The van der Waals surface area contributed by atoms with Gasteiger partial charge in [0.2, 0.25) is 5.91 Å². The number of anilines is 2. The molecule has 2 heterocycles. The molecule has 4 rings (SSSR count). The zero-order valence-corrected chi connectivity index (χ0v) is 22.6. The Morgan fingerprint density at radius 2 is 1.76 bits per heavy atom. The fraction of sp³-hybridized carbons (Fsp3) is 0.200. The molecule has 0 aliphatic carbocycles. The van der Waals surface area contributed by atoms with Crippen LogP contribution in [0.1, 0.15) is 20.8 Å². The van der Waals surface area contributed by atoms with Gasteiger partial charge in [0.05, 0.1) is 41.5 Å². The minimum atomic E-state index is -0.458. The monoisotopic (exact) mass is 560 g/mol. The van der Waals surface area contributed by atoms with Gasteiger partial charge in [-0.05, 0) is 43.2 Å². The molecule has 0 saturated heterocycles. The first-order valence-electron chi connectivity index (χ1n) is 10.9. The summed E-state index contributed by atoms with van der Waals surface area (Å²) in [7, 11) is 2.93. The van der Waals surface area contributed by atoms with Gasteiger partial charge in [0.15, 0.2) is 0 Å². The van der Waals surface area contributed by atoms with Crippen LogP contribution in [0.2, 0.25) is 10.0 Å². The highest BCUT2D eigenvalue weighted by atomic mass is 35.5. The van der Waals surface area contributed by atoms with E-state index in [4.69, 9.17) is 32.7 Å². The molecule has 4 aromatic rings. The maximum absolute atomic E-state index is 13.2. The molecule has 0 aliphatic heterocycles. The van der Waals surface area contributed by atoms with Crippen LogP contribution < -0.4 is 25.7 Å². The van der Waals surface area contributed by atoms with Crippen LogP contribution in [0.5, 0.6) is 11.5 Å². The Balaban J connectivity index is 1.59. The number of thiophene rings is 1. The molecule has 0 saturated carbocycles. The van der Waals surface area contributed by atoms with Crippen molar-refractivity contribution in [1.29, 1.82) is 0 Å². The number of benzene rings is 2. The number of methoxy groups -OCH3 is 2. The fourth-order valence-electron chi connectivity index (χ4n) is 3.65. The number of hydrogen-bond donors (Lipinski definition) is 2. The summed E-state index contributed by atoms with van der Waals surface area (Å²) in [6, 6.07) is 8.23. The highest BCUT2D eigenvalue weighted by Crippen LogP contribution is 2.37. The van der Waals surface area contributed by atoms with Gasteiger partial charge in [0, 0.05) is 16.8 Å². The van der Waals surface area contributed by atoms with E-state index in [2.05, 4.69) is 15.6 Å². The summed E-state index contributed by atoms with van der Waals surface area (Å²) in [6.07, 6.45) is 1.29. The van der Waals surface area contributed by atoms with Gasteiger partial charge in [0.25, 0.3) is 11.5 Å². The van der Waals surface area contributed by atoms with E-state index in [1.807, 2.05) is 6.92 Å². The number of amides is 2. The first-order valence-corrected chi connectivity index (χ1v) is 12.5. The molecule has 37 heavy (non-hydrogen) atoms. The van der Waals surface area contributed by atoms with Crippen molar-refractivity contribution in [3.8, 4) is 11.5 Å². The first-order chi connectivity index (χ1) is 17.6. The summed E-state index contributed by atoms with van der Waals surface area (Å²) < 4.78 is 11.7. The Kier molecular flexibility index (Phi) is 7.72. The van der Waals surface area contributed by atoms with Crippen molar-refractivity contribution in [3.05, 3.63) is 73.1 Å². The number of aryl methyl sites for hydroxylation is 2. The molecule has 0 fully saturated rings. The van der Waals surface area contributed by atoms with Gasteiger partial charge in [-0.15, -0.1) is 11.3 Å². The van der Waals surface area contributed by atoms with Crippen molar-refractivity contribution in [2.45, 2.75) is 20.4 Å². The van der Waals surface area contributed by atoms with Gasteiger partial charge in [0.1, 0.15) is 22.9 Å². The summed E-state index contributed by atoms with van der Waals surface area (Å²) >= 11 is 13.4. The Morgan fingerprint density at radius 1 is 1.03 bits per heavy atom. The predicted octanol–water partition coefficient (Wildman–Crippen LogP) is 5.29. The summed E-state index contributed by atoms with van der Waals surface area (Å²) in [5.41, 5.74) is 1.76. The molecule has 2 N–H and O–H groups in total. The molecule has 0 spiro atoms. The lowest BCUT2D eigenvalue weighted by Crippen LogP contribution is -2.28. The molecule has 2 amide bonds. The Morgan fingerprint density at radius 3 is 2.43 bits per heavy atom. The average Bonchev–Trinajstić information content (AvgIpc) is 3.20. The summed E-state index contributed by atoms with van der Waals surface area (Å²) in [4.78, 5) is 43.9. The normalized spacial score (nSPS) is 10.9. The van der Waals surface area contributed by atoms with Crippen molar-refractivity contribution >= 4 is 67.9 Å². The number of nitrogens with zero attached hydrogens (tertiary/aromatic N) is 2. The van der Waals surface area contributed by atoms with E-state index in [-0.39, 0.29) is 11.9 Å². The lowest BCUT2D eigenvalue weighted by molar-refractivity contribution is -0.116. The molecule has 0 aliphatic rings. The minimum Gasteiger partial charge on any atom is -0.495 e. The molecular formula is C25H22Cl2N4O5S. The van der Waals surface area contributed by atoms with E-state index in [0.717, 1.165) is 16.9 Å². The Hall–Kier alpha value is -3.60. The van der Waals surface area contributed by atoms with Gasteiger partial charge in [-0.3, -0.25) is 19.0 Å². The quantitative estimate of drug-likeness (QED) is 0.317. The second kappa shape index (κ2) is 10.8. The molecule has 192 valence electrons. The third-order valence-electron chi connectivity index (χ3n) is 5.62. The number of carbonyl (C=O) groups is 2. The standard InChI is InChI=1S/C25H22Cl2N4O5S/c1-12-5-6-14(7-15(12)26)29-20(32)10-31-11-28-24-21(25(31)34)13(2)22(37-24)23(33)30-17-8-16(27)18(35-3)9-19(17)36-4/h5-9,11H,10H2,1-4H3,(H,29,32)(H,30,33). The van der Waals surface area contributed by atoms with Gasteiger partial charge < -0.3 is 20.1 Å². The molecule has 0 bridgehead atoms. The van der Waals surface area contributed by atoms with Crippen LogP contribution in [-0.4, -0.2) is 35.6 Å². The van der Waals surface area contributed by atoms with Crippen LogP contribution in [0.25, 0.3) is 10.2 Å². The predicted molar refractivity (Wildman–Crippen MR) is 146 cm³/mol. The van der Waals surface area contributed by atoms with E-state index in [0.29, 0.717) is 48.2 Å². The number of aromatic nitrogens is 2. The summed E-state index contributed by atoms with van der Waals surface area (Å²) in [5.74, 6) is -0.124. The smallest absolute Gasteiger partial charge is 0.266 e. The van der Waals surface area contributed by atoms with Crippen LogP contribution in [0.3, 0.4) is 0 Å². The van der Waals surface area contributed by atoms with Crippen LogP contribution in [-0.2, 0) is 11.3 Å². The SMILES string of the molecule is COc1cc(OC)c(NC(=O)c2sc3ncn(CC(=O)Nc4ccc(C)c(Cl)c4)c(=O)c3c2C)cc1Cl. The first kappa shape index (κ1) is 26.5. The number of halogens is 2. The van der Waals surface area contributed by atoms with E-state index < -0.39 is 17.4 Å². The van der Waals surface area contributed by atoms with Gasteiger partial charge in [-0.1, -0.05) is 29.3 Å². The van der Waals surface area contributed by atoms with E-state index in [1.165, 1.54) is 31.2 Å². The third-order valence-corrected chi connectivity index (χ3v) is 7.52. The van der Waals surface area contributed by atoms with E-state index >= 15 is 0 Å². The molecule has 2 aromatic carbocycles. The lowest BCUT2D eigenvalue weighted by atomic mass is 10.2. The zero-order chi connectivity index (χ0) is 26.9. The number of fused-ring (bicyclic) bond motifs is 1. The maximum atomic E-state index is 13.2. The lowest BCUT2D eigenvalue weighted by Gasteiger charge is -2.13. The van der Waals surface area contributed by atoms with Gasteiger partial charge in [-0.25, -0.2) is 4.98 Å². The highest BCUT2D eigenvalue weighted by molar-refractivity contribution is 7.20. The molecule has 0 radical (unpaired) electrons. The number of ether oxygens (including phenoxy) is 2. The van der Waals surface area contributed by atoms with E-state index in [1.54, 1.807) is 31.2 Å². The number of nitrogens with one attached hydrogen (secondary N) is 2. The van der Waals surface area contributed by atoms with Gasteiger partial charge >= 0.3 is 0 Å². The van der Waals surface area contributed by atoms with Crippen molar-refractivity contribution < 1.29 is 19.1 Å². The van der Waals surface area contributed by atoms with E-state index in [9.17, 15) is 14.4 Å². The molecule has 2 aromatic heterocycles. The largest absolute Gasteiger partial charge is 0.495 e. The zero-order valence-electron chi connectivity index (χ0n) is 20.3. The van der Waals surface area contributed by atoms with Crippen LogP contribution in [0, 0.1) is 13.8 Å². The Labute approximate surface area is 225 Å². The molecule has 0 atom stereocenters. The topological polar surface area (TPSA) is 112 Å².